The van der Waals surface area contributed by atoms with Crippen molar-refractivity contribution in [3.63, 3.8) is 0 Å². The summed E-state index contributed by atoms with van der Waals surface area (Å²) in [6, 6.07) is 14.0. The summed E-state index contributed by atoms with van der Waals surface area (Å²) in [5.74, 6) is -2.37. The number of fused-ring (bicyclic) bond motifs is 2. The number of allylic oxidation sites excluding steroid dienone is 2. The highest BCUT2D eigenvalue weighted by Gasteiger charge is 2.43. The molecule has 0 saturated carbocycles. The van der Waals surface area contributed by atoms with Gasteiger partial charge in [0.1, 0.15) is 5.75 Å². The highest BCUT2D eigenvalue weighted by atomic mass is 16.5. The largest absolute Gasteiger partial charge is 0.482 e. The van der Waals surface area contributed by atoms with Gasteiger partial charge in [0.2, 0.25) is 0 Å². The molecule has 0 saturated heterocycles. The summed E-state index contributed by atoms with van der Waals surface area (Å²) in [5, 5.41) is 12.2. The lowest BCUT2D eigenvalue weighted by Gasteiger charge is -2.29. The Labute approximate surface area is 172 Å². The van der Waals surface area contributed by atoms with Crippen molar-refractivity contribution in [1.29, 1.82) is 0 Å². The van der Waals surface area contributed by atoms with Gasteiger partial charge < -0.3 is 19.9 Å². The van der Waals surface area contributed by atoms with Crippen LogP contribution in [0.15, 0.2) is 65.4 Å². The average molecular weight is 405 g/mol. The third-order valence-electron chi connectivity index (χ3n) is 5.24. The van der Waals surface area contributed by atoms with Crippen LogP contribution in [0.25, 0.3) is 5.70 Å². The van der Waals surface area contributed by atoms with Gasteiger partial charge in [0.05, 0.1) is 24.3 Å². The lowest BCUT2D eigenvalue weighted by atomic mass is 9.79. The number of carboxylic acids is 1. The second kappa shape index (κ2) is 7.51. The molecule has 152 valence electrons. The van der Waals surface area contributed by atoms with E-state index in [0.29, 0.717) is 28.1 Å². The van der Waals surface area contributed by atoms with E-state index in [0.717, 1.165) is 5.56 Å². The van der Waals surface area contributed by atoms with Crippen molar-refractivity contribution in [3.05, 3.63) is 82.1 Å². The molecule has 30 heavy (non-hydrogen) atoms. The maximum atomic E-state index is 13.3. The van der Waals surface area contributed by atoms with E-state index in [2.05, 4.69) is 5.32 Å². The lowest BCUT2D eigenvalue weighted by molar-refractivity contribution is -0.139. The number of aliphatic carboxylic acids is 1. The number of dihydropyridines is 1. The molecule has 1 aliphatic carbocycles. The van der Waals surface area contributed by atoms with Crippen LogP contribution in [0.3, 0.4) is 0 Å². The summed E-state index contributed by atoms with van der Waals surface area (Å²) in [5.41, 5.74) is 3.71. The van der Waals surface area contributed by atoms with E-state index in [1.807, 2.05) is 12.1 Å². The molecule has 0 amide bonds. The van der Waals surface area contributed by atoms with Crippen molar-refractivity contribution < 1.29 is 29.0 Å². The SMILES string of the molecule is COC(=O)C1=C(C)NC2=C(C(=O)c3ccccc32)[C@H]1c1ccccc1OCC(=O)O. The van der Waals surface area contributed by atoms with E-state index in [9.17, 15) is 14.4 Å². The van der Waals surface area contributed by atoms with Gasteiger partial charge in [0.25, 0.3) is 0 Å². The number of methoxy groups -OCH3 is 1. The number of hydrogen-bond acceptors (Lipinski definition) is 6. The zero-order chi connectivity index (χ0) is 21.4. The quantitative estimate of drug-likeness (QED) is 0.738. The molecule has 7 heteroatoms. The Bertz CT molecular complexity index is 1140. The number of hydrogen-bond donors (Lipinski definition) is 2. The van der Waals surface area contributed by atoms with Crippen LogP contribution >= 0.6 is 0 Å². The standard InChI is InChI=1S/C23H19NO6/c1-12-18(23(28)29-2)19(15-9-5-6-10-16(15)30-11-17(25)26)20-21(24-12)13-7-3-4-8-14(13)22(20)27/h3-10,19,24H,11H2,1-2H3,(H,25,26)/t19-/m0/s1. The minimum absolute atomic E-state index is 0.194. The number of para-hydroxylation sites is 1. The fourth-order valence-electron chi connectivity index (χ4n) is 4.01. The Hall–Kier alpha value is -3.87. The van der Waals surface area contributed by atoms with Crippen molar-refractivity contribution in [1.82, 2.24) is 5.32 Å². The Balaban J connectivity index is 1.93. The first kappa shape index (κ1) is 19.4. The van der Waals surface area contributed by atoms with Gasteiger partial charge in [-0.2, -0.15) is 0 Å². The van der Waals surface area contributed by atoms with Crippen LogP contribution in [-0.2, 0) is 14.3 Å². The molecule has 1 aliphatic heterocycles. The zero-order valence-electron chi connectivity index (χ0n) is 16.4. The Morgan fingerprint density at radius 3 is 2.43 bits per heavy atom. The van der Waals surface area contributed by atoms with Gasteiger partial charge in [-0.25, -0.2) is 9.59 Å². The molecule has 1 heterocycles. The van der Waals surface area contributed by atoms with E-state index in [1.165, 1.54) is 7.11 Å². The first-order valence-electron chi connectivity index (χ1n) is 9.32. The van der Waals surface area contributed by atoms with Crippen LogP contribution in [0.5, 0.6) is 5.75 Å². The summed E-state index contributed by atoms with van der Waals surface area (Å²) in [6.07, 6.45) is 0. The van der Waals surface area contributed by atoms with Crippen molar-refractivity contribution in [2.24, 2.45) is 0 Å². The van der Waals surface area contributed by atoms with Crippen LogP contribution in [0, 0.1) is 0 Å². The van der Waals surface area contributed by atoms with Gasteiger partial charge in [-0.05, 0) is 13.0 Å². The van der Waals surface area contributed by atoms with Crippen LogP contribution in [0.1, 0.15) is 34.3 Å². The van der Waals surface area contributed by atoms with E-state index in [-0.39, 0.29) is 17.1 Å². The molecule has 2 aromatic carbocycles. The van der Waals surface area contributed by atoms with Crippen molar-refractivity contribution in [3.8, 4) is 5.75 Å². The van der Waals surface area contributed by atoms with E-state index < -0.39 is 24.5 Å². The predicted molar refractivity (Wildman–Crippen MR) is 108 cm³/mol. The maximum Gasteiger partial charge on any atom is 0.341 e. The number of nitrogens with one attached hydrogen (secondary N) is 1. The maximum absolute atomic E-state index is 13.3. The molecule has 2 aliphatic rings. The fourth-order valence-corrected chi connectivity index (χ4v) is 4.01. The molecular formula is C23H19NO6. The Kier molecular flexibility index (Phi) is 4.87. The monoisotopic (exact) mass is 405 g/mol. The molecule has 0 aromatic heterocycles. The number of rotatable bonds is 5. The summed E-state index contributed by atoms with van der Waals surface area (Å²) in [6.45, 7) is 1.20. The molecule has 0 fully saturated rings. The smallest absolute Gasteiger partial charge is 0.341 e. The van der Waals surface area contributed by atoms with E-state index in [1.54, 1.807) is 43.3 Å². The number of Topliss-reactive ketones (excluding diaryl/α,β-unsaturated/α-hetero) is 1. The highest BCUT2D eigenvalue weighted by molar-refractivity contribution is 6.23. The normalized spacial score (nSPS) is 17.3. The fraction of sp³-hybridized carbons (Fsp3) is 0.174. The third kappa shape index (κ3) is 3.04. The molecule has 1 atom stereocenters. The van der Waals surface area contributed by atoms with Gasteiger partial charge in [0.15, 0.2) is 12.4 Å². The topological polar surface area (TPSA) is 102 Å². The molecular weight excluding hydrogens is 386 g/mol. The molecule has 0 radical (unpaired) electrons. The lowest BCUT2D eigenvalue weighted by Crippen LogP contribution is -2.29. The highest BCUT2D eigenvalue weighted by Crippen LogP contribution is 2.48. The van der Waals surface area contributed by atoms with Crippen LogP contribution in [-0.4, -0.2) is 36.5 Å². The van der Waals surface area contributed by atoms with Gasteiger partial charge in [-0.3, -0.25) is 4.79 Å². The van der Waals surface area contributed by atoms with Crippen molar-refractivity contribution in [2.75, 3.05) is 13.7 Å². The van der Waals surface area contributed by atoms with Crippen molar-refractivity contribution in [2.45, 2.75) is 12.8 Å². The molecule has 0 unspecified atom stereocenters. The number of ether oxygens (including phenoxy) is 2. The molecule has 0 bridgehead atoms. The first-order chi connectivity index (χ1) is 14.4. The second-order valence-electron chi connectivity index (χ2n) is 6.97. The number of carbonyl (C=O) groups excluding carboxylic acids is 2. The molecule has 7 nitrogen and oxygen atoms in total. The van der Waals surface area contributed by atoms with Crippen LogP contribution < -0.4 is 10.1 Å². The van der Waals surface area contributed by atoms with Crippen molar-refractivity contribution >= 4 is 23.4 Å². The molecule has 2 aromatic rings. The summed E-state index contributed by atoms with van der Waals surface area (Å²) < 4.78 is 10.5. The van der Waals surface area contributed by atoms with Gasteiger partial charge in [-0.1, -0.05) is 42.5 Å². The van der Waals surface area contributed by atoms with Crippen LogP contribution in [0.4, 0.5) is 0 Å². The summed E-state index contributed by atoms with van der Waals surface area (Å²) in [7, 11) is 1.28. The average Bonchev–Trinajstić information content (AvgIpc) is 3.03. The summed E-state index contributed by atoms with van der Waals surface area (Å²) >= 11 is 0. The molecule has 2 N–H and O–H groups in total. The molecule has 4 rings (SSSR count). The zero-order valence-corrected chi connectivity index (χ0v) is 16.4. The van der Waals surface area contributed by atoms with Crippen LogP contribution in [0.2, 0.25) is 0 Å². The minimum Gasteiger partial charge on any atom is -0.482 e. The number of benzene rings is 2. The second-order valence-corrected chi connectivity index (χ2v) is 6.97. The Morgan fingerprint density at radius 1 is 1.07 bits per heavy atom. The Morgan fingerprint density at radius 2 is 1.73 bits per heavy atom. The van der Waals surface area contributed by atoms with E-state index in [4.69, 9.17) is 14.6 Å². The number of ketones is 1. The number of esters is 1. The van der Waals surface area contributed by atoms with Gasteiger partial charge in [0, 0.05) is 28.0 Å². The third-order valence-corrected chi connectivity index (χ3v) is 5.24. The summed E-state index contributed by atoms with van der Waals surface area (Å²) in [4.78, 5) is 37.1. The van der Waals surface area contributed by atoms with Gasteiger partial charge >= 0.3 is 11.9 Å². The molecule has 0 spiro atoms. The van der Waals surface area contributed by atoms with E-state index >= 15 is 0 Å². The first-order valence-corrected chi connectivity index (χ1v) is 9.32. The van der Waals surface area contributed by atoms with Gasteiger partial charge in [-0.15, -0.1) is 0 Å². The minimum atomic E-state index is -1.13. The predicted octanol–water partition coefficient (Wildman–Crippen LogP) is 2.89. The number of carbonyl (C=O) groups is 3. The number of carboxylic acid groups (broad SMARTS) is 1.